The number of para-hydroxylation sites is 2. The van der Waals surface area contributed by atoms with Gasteiger partial charge in [-0.3, -0.25) is 9.59 Å². The molecule has 0 bridgehead atoms. The third-order valence-electron chi connectivity index (χ3n) is 5.28. The zero-order valence-electron chi connectivity index (χ0n) is 16.9. The van der Waals surface area contributed by atoms with Crippen LogP contribution in [0.25, 0.3) is 0 Å². The topological polar surface area (TPSA) is 105 Å². The van der Waals surface area contributed by atoms with Crippen molar-refractivity contribution >= 4 is 22.9 Å². The number of ketones is 2. The van der Waals surface area contributed by atoms with E-state index in [4.69, 9.17) is 20.9 Å². The monoisotopic (exact) mass is 438 g/mol. The number of carbonyl (C=O) groups is 2. The van der Waals surface area contributed by atoms with Crippen LogP contribution in [0.4, 0.5) is 11.4 Å². The summed E-state index contributed by atoms with van der Waals surface area (Å²) in [5.74, 6) is 0.346. The zero-order chi connectivity index (χ0) is 22.2. The van der Waals surface area contributed by atoms with Crippen molar-refractivity contribution in [3.8, 4) is 23.0 Å². The van der Waals surface area contributed by atoms with Gasteiger partial charge in [-0.05, 0) is 24.3 Å². The van der Waals surface area contributed by atoms with Gasteiger partial charge in [0.15, 0.2) is 23.1 Å². The first kappa shape index (κ1) is 21.6. The van der Waals surface area contributed by atoms with Gasteiger partial charge in [-0.1, -0.05) is 68.1 Å². The summed E-state index contributed by atoms with van der Waals surface area (Å²) in [6.07, 6.45) is 0. The van der Waals surface area contributed by atoms with Gasteiger partial charge in [-0.2, -0.15) is 0 Å². The Labute approximate surface area is 191 Å². The highest BCUT2D eigenvalue weighted by Gasteiger charge is 2.37. The summed E-state index contributed by atoms with van der Waals surface area (Å²) in [7, 11) is 0. The molecule has 0 saturated carbocycles. The Balaban J connectivity index is 0.00000259. The first-order chi connectivity index (χ1) is 15.6. The van der Waals surface area contributed by atoms with Crippen LogP contribution >= 0.6 is 0 Å². The van der Waals surface area contributed by atoms with Crippen molar-refractivity contribution in [1.82, 2.24) is 0 Å². The first-order valence-corrected chi connectivity index (χ1v) is 9.95. The van der Waals surface area contributed by atoms with Crippen LogP contribution in [0.15, 0.2) is 84.9 Å². The molecular weight excluding hydrogens is 416 g/mol. The number of hydrogen-bond donors (Lipinski definition) is 2. The van der Waals surface area contributed by atoms with Crippen LogP contribution in [-0.2, 0) is 0 Å². The van der Waals surface area contributed by atoms with Crippen molar-refractivity contribution in [1.29, 1.82) is 0 Å². The highest BCUT2D eigenvalue weighted by atomic mass is 16.5. The van der Waals surface area contributed by atoms with Gasteiger partial charge >= 0.3 is 0 Å². The fourth-order valence-electron chi connectivity index (χ4n) is 3.78. The summed E-state index contributed by atoms with van der Waals surface area (Å²) in [5.41, 5.74) is 13.5. The minimum absolute atomic E-state index is 0. The number of rotatable bonds is 4. The average molecular weight is 438 g/mol. The number of ether oxygens (including phenoxy) is 2. The van der Waals surface area contributed by atoms with E-state index in [1.807, 2.05) is 12.1 Å². The zero-order valence-corrected chi connectivity index (χ0v) is 16.9. The second-order valence-corrected chi connectivity index (χ2v) is 7.27. The van der Waals surface area contributed by atoms with E-state index in [1.165, 1.54) is 0 Å². The van der Waals surface area contributed by atoms with Gasteiger partial charge in [0.25, 0.3) is 0 Å². The van der Waals surface area contributed by atoms with E-state index < -0.39 is 0 Å². The second kappa shape index (κ2) is 8.51. The maximum absolute atomic E-state index is 13.3. The Bertz CT molecular complexity index is 1260. The number of anilines is 2. The third-order valence-corrected chi connectivity index (χ3v) is 5.28. The molecule has 164 valence electrons. The van der Waals surface area contributed by atoms with E-state index >= 15 is 0 Å². The summed E-state index contributed by atoms with van der Waals surface area (Å²) in [6, 6.07) is 24.4. The molecule has 0 atom stereocenters. The SMILES string of the molecule is C.Nc1c(Oc2ccccc2)c(Oc2ccccc2)c(N)c2c1C(=O)c1ccccc1C2=O. The molecule has 0 spiro atoms. The number of benzene rings is 4. The number of hydrogen-bond acceptors (Lipinski definition) is 6. The highest BCUT2D eigenvalue weighted by molar-refractivity contribution is 6.32. The normalized spacial score (nSPS) is 11.8. The lowest BCUT2D eigenvalue weighted by Gasteiger charge is -2.25. The molecule has 4 N–H and O–H groups in total. The van der Waals surface area contributed by atoms with Crippen LogP contribution < -0.4 is 20.9 Å². The predicted octanol–water partition coefficient (Wildman–Crippen LogP) is 5.85. The number of nitrogens with two attached hydrogens (primary N) is 2. The lowest BCUT2D eigenvalue weighted by molar-refractivity contribution is 0.0980. The molecule has 1 aliphatic rings. The van der Waals surface area contributed by atoms with E-state index in [9.17, 15) is 9.59 Å². The largest absolute Gasteiger partial charge is 0.451 e. The molecule has 0 unspecified atom stereocenters. The van der Waals surface area contributed by atoms with Gasteiger partial charge in [0.05, 0.1) is 22.5 Å². The van der Waals surface area contributed by atoms with Gasteiger partial charge in [-0.25, -0.2) is 0 Å². The maximum Gasteiger partial charge on any atom is 0.196 e. The van der Waals surface area contributed by atoms with Crippen LogP contribution in [0, 0.1) is 0 Å². The van der Waals surface area contributed by atoms with Gasteiger partial charge < -0.3 is 20.9 Å². The Morgan fingerprint density at radius 3 is 1.21 bits per heavy atom. The van der Waals surface area contributed by atoms with Gasteiger partial charge in [-0.15, -0.1) is 0 Å². The minimum Gasteiger partial charge on any atom is -0.451 e. The number of carbonyl (C=O) groups excluding carboxylic acids is 2. The maximum atomic E-state index is 13.3. The fourth-order valence-corrected chi connectivity index (χ4v) is 3.78. The van der Waals surface area contributed by atoms with E-state index in [0.717, 1.165) is 0 Å². The molecule has 6 heteroatoms. The number of nitrogen functional groups attached to an aromatic ring is 2. The van der Waals surface area contributed by atoms with Crippen LogP contribution in [0.2, 0.25) is 0 Å². The van der Waals surface area contributed by atoms with Crippen LogP contribution in [0.3, 0.4) is 0 Å². The molecule has 0 fully saturated rings. The first-order valence-electron chi connectivity index (χ1n) is 9.95. The molecule has 4 aromatic rings. The smallest absolute Gasteiger partial charge is 0.196 e. The molecule has 1 aliphatic carbocycles. The molecule has 0 radical (unpaired) electrons. The minimum atomic E-state index is -0.386. The molecule has 0 aliphatic heterocycles. The molecule has 5 rings (SSSR count). The number of fused-ring (bicyclic) bond motifs is 2. The predicted molar refractivity (Wildman–Crippen MR) is 128 cm³/mol. The summed E-state index contributed by atoms with van der Waals surface area (Å²) in [5, 5.41) is 0. The van der Waals surface area contributed by atoms with E-state index in [2.05, 4.69) is 0 Å². The van der Waals surface area contributed by atoms with Gasteiger partial charge in [0.2, 0.25) is 0 Å². The van der Waals surface area contributed by atoms with Crippen LogP contribution in [-0.4, -0.2) is 11.6 Å². The van der Waals surface area contributed by atoms with E-state index in [1.54, 1.807) is 72.8 Å². The Hall–Kier alpha value is -4.58. The van der Waals surface area contributed by atoms with Crippen molar-refractivity contribution in [2.45, 2.75) is 7.43 Å². The molecule has 0 saturated heterocycles. The van der Waals surface area contributed by atoms with E-state index in [0.29, 0.717) is 11.5 Å². The summed E-state index contributed by atoms with van der Waals surface area (Å²) >= 11 is 0. The molecular formula is C27H22N2O4. The summed E-state index contributed by atoms with van der Waals surface area (Å²) < 4.78 is 12.1. The van der Waals surface area contributed by atoms with Crippen molar-refractivity contribution in [3.05, 3.63) is 107 Å². The molecule has 0 aromatic heterocycles. The summed E-state index contributed by atoms with van der Waals surface area (Å²) in [6.45, 7) is 0. The third kappa shape index (κ3) is 3.57. The fraction of sp³-hybridized carbons (Fsp3) is 0.0370. The average Bonchev–Trinajstić information content (AvgIpc) is 2.83. The van der Waals surface area contributed by atoms with Gasteiger partial charge in [0, 0.05) is 11.1 Å². The molecule has 6 nitrogen and oxygen atoms in total. The lowest BCUT2D eigenvalue weighted by atomic mass is 9.82. The molecule has 0 amide bonds. The van der Waals surface area contributed by atoms with Crippen molar-refractivity contribution < 1.29 is 19.1 Å². The van der Waals surface area contributed by atoms with Crippen LogP contribution in [0.5, 0.6) is 23.0 Å². The van der Waals surface area contributed by atoms with E-state index in [-0.39, 0.29) is 64.1 Å². The second-order valence-electron chi connectivity index (χ2n) is 7.27. The van der Waals surface area contributed by atoms with Crippen molar-refractivity contribution in [2.24, 2.45) is 0 Å². The highest BCUT2D eigenvalue weighted by Crippen LogP contribution is 2.50. The summed E-state index contributed by atoms with van der Waals surface area (Å²) in [4.78, 5) is 26.6. The quantitative estimate of drug-likeness (QED) is 0.341. The Morgan fingerprint density at radius 2 is 0.848 bits per heavy atom. The molecule has 4 aromatic carbocycles. The molecule has 0 heterocycles. The van der Waals surface area contributed by atoms with Crippen LogP contribution in [0.1, 0.15) is 39.3 Å². The molecule has 33 heavy (non-hydrogen) atoms. The lowest BCUT2D eigenvalue weighted by Crippen LogP contribution is -2.24. The van der Waals surface area contributed by atoms with Crippen molar-refractivity contribution in [2.75, 3.05) is 11.5 Å². The Kier molecular flexibility index (Phi) is 5.58. The Morgan fingerprint density at radius 1 is 0.515 bits per heavy atom. The van der Waals surface area contributed by atoms with Gasteiger partial charge in [0.1, 0.15) is 11.5 Å². The standard InChI is InChI=1S/C26H18N2O4.CH4/c27-21-19-20(24(30)18-14-8-7-13-17(18)23(19)29)22(28)26(32-16-11-5-2-6-12-16)25(21)31-15-9-3-1-4-10-15;/h1-14H,27-28H2;1H4. The van der Waals surface area contributed by atoms with Crippen molar-refractivity contribution in [3.63, 3.8) is 0 Å².